The van der Waals surface area contributed by atoms with Crippen molar-refractivity contribution >= 4 is 0 Å². The van der Waals surface area contributed by atoms with Crippen LogP contribution in [0.4, 0.5) is 0 Å². The van der Waals surface area contributed by atoms with Gasteiger partial charge in [-0.05, 0) is 51.4 Å². The lowest BCUT2D eigenvalue weighted by atomic mass is 9.91. The zero-order valence-corrected chi connectivity index (χ0v) is 10.1. The zero-order valence-electron chi connectivity index (χ0n) is 10.1. The molecule has 2 N–H and O–H groups in total. The Balaban J connectivity index is 2.04. The fraction of sp³-hybridized carbons (Fsp3) is 0.667. The van der Waals surface area contributed by atoms with E-state index in [0.717, 1.165) is 5.82 Å². The smallest absolute Gasteiger partial charge is 0.144 e. The molecule has 1 aliphatic rings. The second-order valence-electron chi connectivity index (χ2n) is 4.74. The first-order valence-corrected chi connectivity index (χ1v) is 5.93. The molecule has 1 aliphatic heterocycles. The normalized spacial score (nSPS) is 20.9. The van der Waals surface area contributed by atoms with Crippen molar-refractivity contribution in [1.82, 2.24) is 14.9 Å². The molecule has 1 saturated heterocycles. The quantitative estimate of drug-likeness (QED) is 0.816. The van der Waals surface area contributed by atoms with Gasteiger partial charge >= 0.3 is 0 Å². The van der Waals surface area contributed by atoms with Crippen LogP contribution in [0.25, 0.3) is 0 Å². The second-order valence-corrected chi connectivity index (χ2v) is 4.74. The highest BCUT2D eigenvalue weighted by molar-refractivity contribution is 5.13. The lowest BCUT2D eigenvalue weighted by Crippen LogP contribution is -2.29. The molecule has 88 valence electrons. The fourth-order valence-corrected chi connectivity index (χ4v) is 2.14. The third-order valence-corrected chi connectivity index (χ3v) is 3.29. The van der Waals surface area contributed by atoms with Gasteiger partial charge in [-0.25, -0.2) is 9.97 Å². The Hall–Kier alpha value is -1.00. The van der Waals surface area contributed by atoms with Crippen LogP contribution in [0, 0.1) is 0 Å². The number of hydrogen-bond acceptors (Lipinski definition) is 4. The summed E-state index contributed by atoms with van der Waals surface area (Å²) in [5.41, 5.74) is 6.99. The number of piperidine rings is 1. The Morgan fingerprint density at radius 3 is 2.38 bits per heavy atom. The van der Waals surface area contributed by atoms with Crippen molar-refractivity contribution in [3.63, 3.8) is 0 Å². The van der Waals surface area contributed by atoms with Gasteiger partial charge < -0.3 is 10.6 Å². The van der Waals surface area contributed by atoms with Crippen molar-refractivity contribution < 1.29 is 0 Å². The van der Waals surface area contributed by atoms with Crippen LogP contribution in [0.15, 0.2) is 12.4 Å². The SMILES string of the molecule is CC(N)c1ncc(C2CCN(C)CC2)cn1. The first-order chi connectivity index (χ1) is 7.66. The molecule has 1 fully saturated rings. The van der Waals surface area contributed by atoms with Gasteiger partial charge in [0, 0.05) is 12.4 Å². The summed E-state index contributed by atoms with van der Waals surface area (Å²) < 4.78 is 0. The molecule has 0 saturated carbocycles. The maximum atomic E-state index is 5.73. The summed E-state index contributed by atoms with van der Waals surface area (Å²) in [5.74, 6) is 1.36. The van der Waals surface area contributed by atoms with Crippen LogP contribution in [0.3, 0.4) is 0 Å². The van der Waals surface area contributed by atoms with E-state index in [9.17, 15) is 0 Å². The van der Waals surface area contributed by atoms with Gasteiger partial charge in [-0.15, -0.1) is 0 Å². The van der Waals surface area contributed by atoms with Gasteiger partial charge in [0.2, 0.25) is 0 Å². The predicted octanol–water partition coefficient (Wildman–Crippen LogP) is 1.31. The topological polar surface area (TPSA) is 55.0 Å². The Labute approximate surface area is 96.9 Å². The highest BCUT2D eigenvalue weighted by atomic mass is 15.1. The van der Waals surface area contributed by atoms with Gasteiger partial charge in [0.15, 0.2) is 0 Å². The van der Waals surface area contributed by atoms with Gasteiger partial charge in [0.1, 0.15) is 5.82 Å². The van der Waals surface area contributed by atoms with E-state index in [1.165, 1.54) is 31.5 Å². The van der Waals surface area contributed by atoms with Crippen LogP contribution in [0.1, 0.15) is 43.1 Å². The third-order valence-electron chi connectivity index (χ3n) is 3.29. The van der Waals surface area contributed by atoms with Crippen LogP contribution in [-0.4, -0.2) is 35.0 Å². The molecular formula is C12H20N4. The fourth-order valence-electron chi connectivity index (χ4n) is 2.14. The van der Waals surface area contributed by atoms with E-state index in [4.69, 9.17) is 5.73 Å². The van der Waals surface area contributed by atoms with Gasteiger partial charge in [-0.1, -0.05) is 0 Å². The molecule has 16 heavy (non-hydrogen) atoms. The second kappa shape index (κ2) is 4.89. The number of nitrogens with zero attached hydrogens (tertiary/aromatic N) is 3. The van der Waals surface area contributed by atoms with Crippen molar-refractivity contribution in [1.29, 1.82) is 0 Å². The molecule has 1 unspecified atom stereocenters. The van der Waals surface area contributed by atoms with E-state index in [1.807, 2.05) is 19.3 Å². The molecule has 0 bridgehead atoms. The molecule has 2 rings (SSSR count). The van der Waals surface area contributed by atoms with Crippen LogP contribution in [-0.2, 0) is 0 Å². The average molecular weight is 220 g/mol. The number of rotatable bonds is 2. The molecular weight excluding hydrogens is 200 g/mol. The van der Waals surface area contributed by atoms with E-state index in [-0.39, 0.29) is 6.04 Å². The highest BCUT2D eigenvalue weighted by Gasteiger charge is 2.19. The Morgan fingerprint density at radius 2 is 1.88 bits per heavy atom. The zero-order chi connectivity index (χ0) is 11.5. The summed E-state index contributed by atoms with van der Waals surface area (Å²) in [4.78, 5) is 11.0. The lowest BCUT2D eigenvalue weighted by Gasteiger charge is -2.28. The van der Waals surface area contributed by atoms with Crippen molar-refractivity contribution in [3.05, 3.63) is 23.8 Å². The molecule has 0 aliphatic carbocycles. The van der Waals surface area contributed by atoms with Crippen molar-refractivity contribution in [2.75, 3.05) is 20.1 Å². The third kappa shape index (κ3) is 2.57. The number of aromatic nitrogens is 2. The van der Waals surface area contributed by atoms with Crippen molar-refractivity contribution in [3.8, 4) is 0 Å². The van der Waals surface area contributed by atoms with Crippen LogP contribution in [0.2, 0.25) is 0 Å². The Morgan fingerprint density at radius 1 is 1.31 bits per heavy atom. The molecule has 0 radical (unpaired) electrons. The number of hydrogen-bond donors (Lipinski definition) is 1. The first-order valence-electron chi connectivity index (χ1n) is 5.93. The number of nitrogens with two attached hydrogens (primary N) is 1. The summed E-state index contributed by atoms with van der Waals surface area (Å²) >= 11 is 0. The maximum Gasteiger partial charge on any atom is 0.144 e. The van der Waals surface area contributed by atoms with Gasteiger partial charge in [-0.2, -0.15) is 0 Å². The largest absolute Gasteiger partial charge is 0.322 e. The van der Waals surface area contributed by atoms with Crippen LogP contribution in [0.5, 0.6) is 0 Å². The van der Waals surface area contributed by atoms with Crippen LogP contribution >= 0.6 is 0 Å². The lowest BCUT2D eigenvalue weighted by molar-refractivity contribution is 0.255. The molecule has 1 aromatic heterocycles. The van der Waals surface area contributed by atoms with Gasteiger partial charge in [0.05, 0.1) is 6.04 Å². The average Bonchev–Trinajstić information content (AvgIpc) is 2.30. The first kappa shape index (κ1) is 11.5. The minimum Gasteiger partial charge on any atom is -0.322 e. The summed E-state index contributed by atoms with van der Waals surface area (Å²) in [6.07, 6.45) is 6.30. The van der Waals surface area contributed by atoms with Gasteiger partial charge in [-0.3, -0.25) is 0 Å². The summed E-state index contributed by atoms with van der Waals surface area (Å²) in [7, 11) is 2.17. The Bertz CT molecular complexity index is 325. The maximum absolute atomic E-state index is 5.73. The summed E-state index contributed by atoms with van der Waals surface area (Å²) in [6, 6.07) is -0.0773. The van der Waals surface area contributed by atoms with Gasteiger partial charge in [0.25, 0.3) is 0 Å². The van der Waals surface area contributed by atoms with E-state index in [1.54, 1.807) is 0 Å². The molecule has 0 amide bonds. The molecule has 1 aromatic rings. The van der Waals surface area contributed by atoms with E-state index >= 15 is 0 Å². The number of likely N-dealkylation sites (tertiary alicyclic amines) is 1. The predicted molar refractivity (Wildman–Crippen MR) is 64.1 cm³/mol. The molecule has 4 heteroatoms. The minimum absolute atomic E-state index is 0.0773. The monoisotopic (exact) mass is 220 g/mol. The Kier molecular flexibility index (Phi) is 3.51. The minimum atomic E-state index is -0.0773. The standard InChI is InChI=1S/C12H20N4/c1-9(13)12-14-7-11(8-15-12)10-3-5-16(2)6-4-10/h7-10H,3-6,13H2,1-2H3. The molecule has 1 atom stereocenters. The molecule has 0 spiro atoms. The summed E-state index contributed by atoms with van der Waals surface area (Å²) in [6.45, 7) is 4.24. The summed E-state index contributed by atoms with van der Waals surface area (Å²) in [5, 5.41) is 0. The van der Waals surface area contributed by atoms with E-state index in [0.29, 0.717) is 5.92 Å². The molecule has 0 aromatic carbocycles. The van der Waals surface area contributed by atoms with Crippen molar-refractivity contribution in [2.45, 2.75) is 31.7 Å². The van der Waals surface area contributed by atoms with Crippen molar-refractivity contribution in [2.24, 2.45) is 5.73 Å². The van der Waals surface area contributed by atoms with Crippen LogP contribution < -0.4 is 5.73 Å². The molecule has 2 heterocycles. The van der Waals surface area contributed by atoms with E-state index < -0.39 is 0 Å². The van der Waals surface area contributed by atoms with E-state index in [2.05, 4.69) is 21.9 Å². The highest BCUT2D eigenvalue weighted by Crippen LogP contribution is 2.26. The molecule has 4 nitrogen and oxygen atoms in total.